The number of aliphatic hydroxyl groups is 1. The molecule has 0 bridgehead atoms. The number of halogens is 1. The van der Waals surface area contributed by atoms with Crippen molar-refractivity contribution in [1.29, 1.82) is 0 Å². The van der Waals surface area contributed by atoms with Gasteiger partial charge in [0.15, 0.2) is 0 Å². The van der Waals surface area contributed by atoms with Crippen LogP contribution >= 0.6 is 15.9 Å². The van der Waals surface area contributed by atoms with Gasteiger partial charge in [0.1, 0.15) is 11.2 Å². The third kappa shape index (κ3) is 8.28. The molecule has 2 amide bonds. The van der Waals surface area contributed by atoms with Crippen LogP contribution in [-0.2, 0) is 47.3 Å². The molecule has 0 saturated carbocycles. The SMILES string of the molecule is Cc1cc(CBr)c(C)c2c1CN(C(=O)OC(C)(C)C)CC2.Cc1cc(CO)c(C)c2c1CN(C(=O)OC(C)(C)C)CC2. The summed E-state index contributed by atoms with van der Waals surface area (Å²) in [6.07, 6.45) is 1.25. The van der Waals surface area contributed by atoms with Crippen LogP contribution in [0.25, 0.3) is 0 Å². The van der Waals surface area contributed by atoms with Gasteiger partial charge >= 0.3 is 12.2 Å². The summed E-state index contributed by atoms with van der Waals surface area (Å²) in [5.74, 6) is 0. The summed E-state index contributed by atoms with van der Waals surface area (Å²) in [6.45, 7) is 22.4. The van der Waals surface area contributed by atoms with Gasteiger partial charge in [-0.05, 0) is 138 Å². The smallest absolute Gasteiger partial charge is 0.410 e. The van der Waals surface area contributed by atoms with Gasteiger partial charge in [-0.1, -0.05) is 28.1 Å². The fraction of sp³-hybridized carbons (Fsp3) is 0.588. The highest BCUT2D eigenvalue weighted by atomic mass is 79.9. The van der Waals surface area contributed by atoms with Crippen LogP contribution in [0, 0.1) is 27.7 Å². The van der Waals surface area contributed by atoms with Crippen molar-refractivity contribution >= 4 is 28.1 Å². The van der Waals surface area contributed by atoms with Gasteiger partial charge < -0.3 is 24.4 Å². The van der Waals surface area contributed by atoms with Crippen LogP contribution in [0.3, 0.4) is 0 Å². The van der Waals surface area contributed by atoms with E-state index in [1.807, 2.05) is 66.4 Å². The monoisotopic (exact) mass is 644 g/mol. The van der Waals surface area contributed by atoms with E-state index in [0.717, 1.165) is 41.4 Å². The maximum absolute atomic E-state index is 12.2. The lowest BCUT2D eigenvalue weighted by molar-refractivity contribution is 0.0213. The van der Waals surface area contributed by atoms with Crippen molar-refractivity contribution < 1.29 is 24.2 Å². The molecule has 0 spiro atoms. The number of alkyl halides is 1. The number of benzene rings is 2. The minimum atomic E-state index is -0.469. The zero-order valence-corrected chi connectivity index (χ0v) is 28.8. The molecular weight excluding hydrogens is 596 g/mol. The van der Waals surface area contributed by atoms with E-state index in [1.54, 1.807) is 4.90 Å². The fourth-order valence-electron chi connectivity index (χ4n) is 5.65. The third-order valence-corrected chi connectivity index (χ3v) is 8.51. The van der Waals surface area contributed by atoms with Crippen molar-refractivity contribution in [3.63, 3.8) is 0 Å². The first kappa shape index (κ1) is 33.9. The van der Waals surface area contributed by atoms with Crippen molar-refractivity contribution in [2.24, 2.45) is 0 Å². The Kier molecular flexibility index (Phi) is 10.8. The van der Waals surface area contributed by atoms with E-state index in [0.29, 0.717) is 19.6 Å². The Morgan fingerprint density at radius 3 is 1.48 bits per heavy atom. The van der Waals surface area contributed by atoms with Crippen LogP contribution in [0.5, 0.6) is 0 Å². The van der Waals surface area contributed by atoms with Gasteiger partial charge in [0.2, 0.25) is 0 Å². The molecule has 0 atom stereocenters. The second-order valence-corrected chi connectivity index (χ2v) is 14.0. The number of nitrogens with zero attached hydrogens (tertiary/aromatic N) is 2. The Labute approximate surface area is 260 Å². The van der Waals surface area contributed by atoms with Crippen molar-refractivity contribution in [2.45, 2.75) is 118 Å². The Morgan fingerprint density at radius 2 is 1.12 bits per heavy atom. The van der Waals surface area contributed by atoms with Gasteiger partial charge in [0, 0.05) is 31.5 Å². The number of hydrogen-bond donors (Lipinski definition) is 1. The highest BCUT2D eigenvalue weighted by Crippen LogP contribution is 2.31. The molecule has 4 rings (SSSR count). The average Bonchev–Trinajstić information content (AvgIpc) is 2.90. The molecule has 0 aromatic heterocycles. The lowest BCUT2D eigenvalue weighted by Gasteiger charge is -2.33. The maximum Gasteiger partial charge on any atom is 0.410 e. The predicted molar refractivity (Wildman–Crippen MR) is 171 cm³/mol. The number of rotatable bonds is 2. The molecule has 8 heteroatoms. The molecule has 0 saturated heterocycles. The molecule has 0 unspecified atom stereocenters. The van der Waals surface area contributed by atoms with E-state index in [-0.39, 0.29) is 18.8 Å². The molecule has 0 aliphatic carbocycles. The van der Waals surface area contributed by atoms with Gasteiger partial charge in [-0.2, -0.15) is 0 Å². The summed E-state index contributed by atoms with van der Waals surface area (Å²) >= 11 is 3.55. The Morgan fingerprint density at radius 1 is 0.738 bits per heavy atom. The normalized spacial score (nSPS) is 14.9. The van der Waals surface area contributed by atoms with Crippen LogP contribution in [-0.4, -0.2) is 51.4 Å². The predicted octanol–water partition coefficient (Wildman–Crippen LogP) is 7.58. The minimum Gasteiger partial charge on any atom is -0.444 e. The molecule has 2 aromatic carbocycles. The first-order chi connectivity index (χ1) is 19.5. The zero-order valence-electron chi connectivity index (χ0n) is 27.2. The average molecular weight is 646 g/mol. The van der Waals surface area contributed by atoms with E-state index in [2.05, 4.69) is 35.8 Å². The van der Waals surface area contributed by atoms with Crippen LogP contribution in [0.15, 0.2) is 12.1 Å². The first-order valence-corrected chi connectivity index (χ1v) is 15.9. The zero-order chi connectivity index (χ0) is 31.6. The quantitative estimate of drug-likeness (QED) is 0.341. The highest BCUT2D eigenvalue weighted by molar-refractivity contribution is 9.08. The van der Waals surface area contributed by atoms with Crippen LogP contribution in [0.1, 0.15) is 97.2 Å². The molecule has 2 aromatic rings. The van der Waals surface area contributed by atoms with Gasteiger partial charge in [-0.3, -0.25) is 0 Å². The molecule has 232 valence electrons. The summed E-state index contributed by atoms with van der Waals surface area (Å²) in [7, 11) is 0. The highest BCUT2D eigenvalue weighted by Gasteiger charge is 2.29. The molecule has 0 radical (unpaired) electrons. The Hall–Kier alpha value is -2.58. The molecule has 2 heterocycles. The molecule has 2 aliphatic heterocycles. The number of carbonyl (C=O) groups excluding carboxylic acids is 2. The molecule has 2 aliphatic rings. The number of fused-ring (bicyclic) bond motifs is 2. The Balaban J connectivity index is 0.000000230. The third-order valence-electron chi connectivity index (χ3n) is 7.91. The van der Waals surface area contributed by atoms with Crippen LogP contribution < -0.4 is 0 Å². The number of aliphatic hydroxyl groups excluding tert-OH is 1. The van der Waals surface area contributed by atoms with Crippen molar-refractivity contribution in [3.05, 3.63) is 67.8 Å². The summed E-state index contributed by atoms with van der Waals surface area (Å²) in [5.41, 5.74) is 11.5. The lowest BCUT2D eigenvalue weighted by Crippen LogP contribution is -2.40. The molecular formula is C34H49BrN2O5. The van der Waals surface area contributed by atoms with Gasteiger partial charge in [-0.15, -0.1) is 0 Å². The van der Waals surface area contributed by atoms with Crippen molar-refractivity contribution in [2.75, 3.05) is 13.1 Å². The Bertz CT molecular complexity index is 1220. The van der Waals surface area contributed by atoms with E-state index in [4.69, 9.17) is 9.47 Å². The summed E-state index contributed by atoms with van der Waals surface area (Å²) < 4.78 is 10.9. The second kappa shape index (κ2) is 13.4. The minimum absolute atomic E-state index is 0.0652. The fourth-order valence-corrected chi connectivity index (χ4v) is 6.23. The van der Waals surface area contributed by atoms with Crippen LogP contribution in [0.2, 0.25) is 0 Å². The van der Waals surface area contributed by atoms with E-state index >= 15 is 0 Å². The molecule has 7 nitrogen and oxygen atoms in total. The summed E-state index contributed by atoms with van der Waals surface area (Å²) in [6, 6.07) is 4.24. The number of carbonyl (C=O) groups is 2. The number of amides is 2. The van der Waals surface area contributed by atoms with Crippen LogP contribution in [0.4, 0.5) is 9.59 Å². The molecule has 1 N–H and O–H groups in total. The van der Waals surface area contributed by atoms with Gasteiger partial charge in [0.05, 0.1) is 6.61 Å². The largest absolute Gasteiger partial charge is 0.444 e. The van der Waals surface area contributed by atoms with Gasteiger partial charge in [0.25, 0.3) is 0 Å². The first-order valence-electron chi connectivity index (χ1n) is 14.8. The number of hydrogen-bond acceptors (Lipinski definition) is 5. The van der Waals surface area contributed by atoms with E-state index in [9.17, 15) is 14.7 Å². The van der Waals surface area contributed by atoms with Crippen molar-refractivity contribution in [1.82, 2.24) is 9.80 Å². The second-order valence-electron chi connectivity index (χ2n) is 13.5. The van der Waals surface area contributed by atoms with E-state index in [1.165, 1.54) is 38.9 Å². The lowest BCUT2D eigenvalue weighted by atomic mass is 9.88. The number of ether oxygens (including phenoxy) is 2. The summed E-state index contributed by atoms with van der Waals surface area (Å²) in [4.78, 5) is 28.0. The van der Waals surface area contributed by atoms with Crippen molar-refractivity contribution in [3.8, 4) is 0 Å². The number of aryl methyl sites for hydroxylation is 2. The maximum atomic E-state index is 12.2. The summed E-state index contributed by atoms with van der Waals surface area (Å²) in [5, 5.41) is 10.3. The topological polar surface area (TPSA) is 79.3 Å². The van der Waals surface area contributed by atoms with E-state index < -0.39 is 11.2 Å². The molecule has 42 heavy (non-hydrogen) atoms. The van der Waals surface area contributed by atoms with Gasteiger partial charge in [-0.25, -0.2) is 9.59 Å². The standard InChI is InChI=1S/C17H24BrNO2.C17H25NO3/c1-11-8-13(9-18)12(2)14-6-7-19(10-15(11)14)16(20)21-17(3,4)5;1-11-8-13(10-19)12(2)14-6-7-18(9-15(11)14)16(20)21-17(3,4)5/h8H,6-7,9-10H2,1-5H3;8,19H,6-7,9-10H2,1-5H3. The molecule has 0 fully saturated rings.